The summed E-state index contributed by atoms with van der Waals surface area (Å²) in [6, 6.07) is 7.70. The number of aliphatic hydroxyl groups is 1. The van der Waals surface area contributed by atoms with Gasteiger partial charge in [-0.1, -0.05) is 29.8 Å². The molecule has 1 aromatic heterocycles. The molecule has 0 spiro atoms. The van der Waals surface area contributed by atoms with E-state index >= 15 is 0 Å². The van der Waals surface area contributed by atoms with Crippen LogP contribution in [0.3, 0.4) is 0 Å². The molecule has 3 atom stereocenters. The third-order valence-electron chi connectivity index (χ3n) is 6.21. The second-order valence-electron chi connectivity index (χ2n) is 8.67. The van der Waals surface area contributed by atoms with Crippen molar-refractivity contribution in [3.05, 3.63) is 64.8 Å². The molecule has 0 saturated carbocycles. The minimum atomic E-state index is -4.56. The minimum Gasteiger partial charge on any atom is -0.454 e. The van der Waals surface area contributed by atoms with Crippen LogP contribution in [0.4, 0.5) is 24.7 Å². The lowest BCUT2D eigenvalue weighted by atomic mass is 9.96. The van der Waals surface area contributed by atoms with Crippen LogP contribution in [0.25, 0.3) is 0 Å². The van der Waals surface area contributed by atoms with E-state index in [1.807, 2.05) is 19.1 Å². The molecule has 35 heavy (non-hydrogen) atoms. The van der Waals surface area contributed by atoms with Gasteiger partial charge in [-0.3, -0.25) is 4.79 Å². The Morgan fingerprint density at radius 3 is 2.57 bits per heavy atom. The third-order valence-corrected chi connectivity index (χ3v) is 6.21. The minimum absolute atomic E-state index is 0.00600. The van der Waals surface area contributed by atoms with E-state index in [1.54, 1.807) is 18.2 Å². The summed E-state index contributed by atoms with van der Waals surface area (Å²) in [4.78, 5) is 13.2. The summed E-state index contributed by atoms with van der Waals surface area (Å²) in [6.07, 6.45) is -4.66. The van der Waals surface area contributed by atoms with Gasteiger partial charge in [0, 0.05) is 18.1 Å². The number of aromatic nitrogens is 2. The summed E-state index contributed by atoms with van der Waals surface area (Å²) in [7, 11) is 0. The van der Waals surface area contributed by atoms with Crippen LogP contribution >= 0.6 is 0 Å². The molecule has 0 aliphatic carbocycles. The van der Waals surface area contributed by atoms with Crippen molar-refractivity contribution in [1.29, 1.82) is 0 Å². The number of halogens is 3. The Morgan fingerprint density at radius 1 is 1.23 bits per heavy atom. The molecular formula is C24H23F3N4O4. The van der Waals surface area contributed by atoms with Gasteiger partial charge in [-0.15, -0.1) is 0 Å². The second kappa shape index (κ2) is 8.49. The van der Waals surface area contributed by atoms with Crippen molar-refractivity contribution in [3.63, 3.8) is 0 Å². The first-order valence-electron chi connectivity index (χ1n) is 11.0. The summed E-state index contributed by atoms with van der Waals surface area (Å²) in [5.41, 5.74) is 2.25. The van der Waals surface area contributed by atoms with Crippen LogP contribution < -0.4 is 20.1 Å². The number of rotatable bonds is 4. The summed E-state index contributed by atoms with van der Waals surface area (Å²) in [5.74, 6) is 0.111. The molecule has 2 aromatic carbocycles. The number of fused-ring (bicyclic) bond motifs is 2. The molecule has 184 valence electrons. The van der Waals surface area contributed by atoms with Crippen LogP contribution in [0.1, 0.15) is 58.6 Å². The third kappa shape index (κ3) is 4.27. The molecule has 3 N–H and O–H groups in total. The molecule has 0 radical (unpaired) electrons. The van der Waals surface area contributed by atoms with Crippen molar-refractivity contribution in [3.8, 4) is 11.5 Å². The highest BCUT2D eigenvalue weighted by Gasteiger charge is 2.47. The fourth-order valence-electron chi connectivity index (χ4n) is 4.35. The average molecular weight is 488 g/mol. The summed E-state index contributed by atoms with van der Waals surface area (Å²) in [5, 5.41) is 19.8. The number of amides is 1. The SMILES string of the molecule is Cc1ccc([C@H]2C[C@H](C(F)(F)F)n3ncc(C(=O)Nc4cc5c(cc4[C@@H](C)O)OCO5)c3N2)cc1. The van der Waals surface area contributed by atoms with Crippen LogP contribution in [-0.4, -0.2) is 33.8 Å². The zero-order chi connectivity index (χ0) is 24.9. The number of ether oxygens (including phenoxy) is 2. The number of carbonyl (C=O) groups is 1. The maximum absolute atomic E-state index is 14.0. The van der Waals surface area contributed by atoms with Gasteiger partial charge >= 0.3 is 6.18 Å². The number of aliphatic hydroxyl groups excluding tert-OH is 1. The largest absolute Gasteiger partial charge is 0.454 e. The first kappa shape index (κ1) is 23.0. The molecule has 5 rings (SSSR count). The molecule has 0 saturated heterocycles. The Balaban J connectivity index is 1.50. The maximum Gasteiger partial charge on any atom is 0.410 e. The van der Waals surface area contributed by atoms with E-state index in [2.05, 4.69) is 15.7 Å². The van der Waals surface area contributed by atoms with Crippen molar-refractivity contribution in [2.24, 2.45) is 0 Å². The van der Waals surface area contributed by atoms with Gasteiger partial charge in [0.2, 0.25) is 6.79 Å². The van der Waals surface area contributed by atoms with E-state index in [0.29, 0.717) is 22.6 Å². The van der Waals surface area contributed by atoms with Crippen molar-refractivity contribution < 1.29 is 32.5 Å². The fraction of sp³-hybridized carbons (Fsp3) is 0.333. The molecule has 2 aliphatic heterocycles. The molecule has 3 aromatic rings. The zero-order valence-electron chi connectivity index (χ0n) is 18.9. The number of anilines is 2. The topological polar surface area (TPSA) is 97.6 Å². The van der Waals surface area contributed by atoms with Gasteiger partial charge in [0.1, 0.15) is 11.4 Å². The number of hydrogen-bond donors (Lipinski definition) is 3. The standard InChI is InChI=1S/C24H23F3N4O4/c1-12-3-5-14(6-4-12)17-9-21(24(25,26)27)31-22(29-17)16(10-28-31)23(33)30-18-8-20-19(34-11-35-20)7-15(18)13(2)32/h3-8,10,13,17,21,29,32H,9,11H2,1-2H3,(H,30,33)/t13-,17-,21-/m1/s1. The number of benzene rings is 2. The number of carbonyl (C=O) groups excluding carboxylic acids is 1. The smallest absolute Gasteiger partial charge is 0.410 e. The first-order chi connectivity index (χ1) is 16.6. The summed E-state index contributed by atoms with van der Waals surface area (Å²) < 4.78 is 53.4. The lowest BCUT2D eigenvalue weighted by Crippen LogP contribution is -2.36. The maximum atomic E-state index is 14.0. The molecule has 8 nitrogen and oxygen atoms in total. The molecular weight excluding hydrogens is 465 g/mol. The van der Waals surface area contributed by atoms with Crippen molar-refractivity contribution >= 4 is 17.4 Å². The van der Waals surface area contributed by atoms with Crippen LogP contribution in [0.2, 0.25) is 0 Å². The number of nitrogens with one attached hydrogen (secondary N) is 2. The van der Waals surface area contributed by atoms with E-state index < -0.39 is 30.3 Å². The van der Waals surface area contributed by atoms with Gasteiger partial charge < -0.3 is 25.2 Å². The molecule has 3 heterocycles. The summed E-state index contributed by atoms with van der Waals surface area (Å²) in [6.45, 7) is 3.43. The van der Waals surface area contributed by atoms with Gasteiger partial charge in [0.25, 0.3) is 5.91 Å². The van der Waals surface area contributed by atoms with Crippen molar-refractivity contribution in [2.45, 2.75) is 44.6 Å². The fourth-order valence-corrected chi connectivity index (χ4v) is 4.35. The Kier molecular flexibility index (Phi) is 5.59. The number of alkyl halides is 3. The molecule has 1 amide bonds. The summed E-state index contributed by atoms with van der Waals surface area (Å²) >= 11 is 0. The Bertz CT molecular complexity index is 1270. The lowest BCUT2D eigenvalue weighted by Gasteiger charge is -2.34. The van der Waals surface area contributed by atoms with E-state index in [4.69, 9.17) is 9.47 Å². The van der Waals surface area contributed by atoms with Gasteiger partial charge in [0.15, 0.2) is 17.5 Å². The zero-order valence-corrected chi connectivity index (χ0v) is 18.9. The van der Waals surface area contributed by atoms with Crippen LogP contribution in [0, 0.1) is 6.92 Å². The van der Waals surface area contributed by atoms with Gasteiger partial charge in [-0.05, 0) is 25.5 Å². The number of hydrogen-bond acceptors (Lipinski definition) is 6. The van der Waals surface area contributed by atoms with Gasteiger partial charge in [-0.2, -0.15) is 18.3 Å². The average Bonchev–Trinajstić information content (AvgIpc) is 3.44. The van der Waals surface area contributed by atoms with Crippen LogP contribution in [0.15, 0.2) is 42.6 Å². The Hall–Kier alpha value is -3.73. The predicted octanol–water partition coefficient (Wildman–Crippen LogP) is 4.89. The van der Waals surface area contributed by atoms with Crippen molar-refractivity contribution in [2.75, 3.05) is 17.4 Å². The highest BCUT2D eigenvalue weighted by Crippen LogP contribution is 2.45. The highest BCUT2D eigenvalue weighted by molar-refractivity contribution is 6.08. The number of nitrogens with zero attached hydrogens (tertiary/aromatic N) is 2. The normalized spacial score (nSPS) is 19.6. The second-order valence-corrected chi connectivity index (χ2v) is 8.67. The van der Waals surface area contributed by atoms with Crippen LogP contribution in [0.5, 0.6) is 11.5 Å². The van der Waals surface area contributed by atoms with E-state index in [0.717, 1.165) is 16.4 Å². The van der Waals surface area contributed by atoms with Gasteiger partial charge in [-0.25, -0.2) is 4.68 Å². The highest BCUT2D eigenvalue weighted by atomic mass is 19.4. The van der Waals surface area contributed by atoms with E-state index in [9.17, 15) is 23.1 Å². The first-order valence-corrected chi connectivity index (χ1v) is 11.0. The Morgan fingerprint density at radius 2 is 1.91 bits per heavy atom. The molecule has 0 fully saturated rings. The predicted molar refractivity (Wildman–Crippen MR) is 121 cm³/mol. The van der Waals surface area contributed by atoms with E-state index in [-0.39, 0.29) is 30.3 Å². The molecule has 11 heteroatoms. The van der Waals surface area contributed by atoms with Crippen LogP contribution in [-0.2, 0) is 0 Å². The molecule has 0 bridgehead atoms. The lowest BCUT2D eigenvalue weighted by molar-refractivity contribution is -0.173. The monoisotopic (exact) mass is 488 g/mol. The number of aryl methyl sites for hydroxylation is 1. The Labute approximate surface area is 198 Å². The molecule has 0 unspecified atom stereocenters. The quantitative estimate of drug-likeness (QED) is 0.484. The van der Waals surface area contributed by atoms with E-state index in [1.165, 1.54) is 13.0 Å². The van der Waals surface area contributed by atoms with Gasteiger partial charge in [0.05, 0.1) is 24.0 Å². The molecule has 2 aliphatic rings. The van der Waals surface area contributed by atoms with Crippen molar-refractivity contribution in [1.82, 2.24) is 9.78 Å².